The highest BCUT2D eigenvalue weighted by Gasteiger charge is 2.15. The number of ether oxygens (including phenoxy) is 1. The van der Waals surface area contributed by atoms with Crippen LogP contribution in [-0.2, 0) is 0 Å². The molecule has 168 valence electrons. The molecular weight excluding hydrogens is 456 g/mol. The molecule has 2 aromatic carbocycles. The summed E-state index contributed by atoms with van der Waals surface area (Å²) in [5.74, 6) is -1.58. The number of hydrogen-bond donors (Lipinski definition) is 2. The fourth-order valence-corrected chi connectivity index (χ4v) is 3.69. The first-order valence-corrected chi connectivity index (χ1v) is 10.4. The number of pyridine rings is 1. The van der Waals surface area contributed by atoms with Crippen molar-refractivity contribution in [3.8, 4) is 17.0 Å². The third-order valence-corrected chi connectivity index (χ3v) is 5.12. The van der Waals surface area contributed by atoms with Crippen LogP contribution in [-0.4, -0.2) is 39.1 Å². The molecule has 10 heteroatoms. The van der Waals surface area contributed by atoms with Gasteiger partial charge in [0.25, 0.3) is 0 Å². The van der Waals surface area contributed by atoms with E-state index in [2.05, 4.69) is 32.1 Å². The molecule has 32 heavy (non-hydrogen) atoms. The topological polar surface area (TPSA) is 84.9 Å². The van der Waals surface area contributed by atoms with Crippen LogP contribution < -0.4 is 15.2 Å². The summed E-state index contributed by atoms with van der Waals surface area (Å²) >= 11 is 7.10. The Balaban J connectivity index is 0.00000176. The molecule has 0 fully saturated rings. The van der Waals surface area contributed by atoms with Crippen molar-refractivity contribution in [3.05, 3.63) is 64.8 Å². The number of nitrogens with zero attached hydrogens (tertiary/aromatic N) is 3. The van der Waals surface area contributed by atoms with Gasteiger partial charge in [0.1, 0.15) is 0 Å². The van der Waals surface area contributed by atoms with Gasteiger partial charge in [-0.3, -0.25) is 9.98 Å². The highest BCUT2D eigenvalue weighted by Crippen LogP contribution is 2.34. The number of nitrogens with one attached hydrogen (secondary N) is 1. The Kier molecular flexibility index (Phi) is 9.58. The molecule has 0 saturated heterocycles. The van der Waals surface area contributed by atoms with E-state index in [0.717, 1.165) is 18.0 Å². The number of halogens is 3. The minimum absolute atomic E-state index is 0.0932. The van der Waals surface area contributed by atoms with Crippen LogP contribution in [0.5, 0.6) is 5.88 Å². The third-order valence-electron chi connectivity index (χ3n) is 4.06. The van der Waals surface area contributed by atoms with E-state index in [1.54, 1.807) is 37.5 Å². The highest BCUT2D eigenvalue weighted by molar-refractivity contribution is 8.00. The van der Waals surface area contributed by atoms with Crippen LogP contribution in [0.1, 0.15) is 5.56 Å². The Morgan fingerprint density at radius 3 is 2.62 bits per heavy atom. The molecule has 0 atom stereocenters. The predicted octanol–water partition coefficient (Wildman–Crippen LogP) is 5.76. The second kappa shape index (κ2) is 12.1. The lowest BCUT2D eigenvalue weighted by molar-refractivity contribution is 0.387. The van der Waals surface area contributed by atoms with E-state index < -0.39 is 11.6 Å². The monoisotopic (exact) mass is 477 g/mol. The summed E-state index contributed by atoms with van der Waals surface area (Å²) in [6.07, 6.45) is 3.04. The van der Waals surface area contributed by atoms with Crippen molar-refractivity contribution in [3.63, 3.8) is 0 Å². The molecule has 1 heterocycles. The van der Waals surface area contributed by atoms with E-state index in [4.69, 9.17) is 16.3 Å². The Morgan fingerprint density at radius 2 is 1.97 bits per heavy atom. The SMILES string of the molecule is C=Nc1ccc(-c2cc(NSc3cc(Cl)cnc3OC)cc(F)c2F)cc1C=NC.CN. The van der Waals surface area contributed by atoms with Crippen molar-refractivity contribution in [2.24, 2.45) is 15.7 Å². The predicted molar refractivity (Wildman–Crippen MR) is 130 cm³/mol. The summed E-state index contributed by atoms with van der Waals surface area (Å²) in [6.45, 7) is 3.51. The normalized spacial score (nSPS) is 10.5. The van der Waals surface area contributed by atoms with Gasteiger partial charge in [0.15, 0.2) is 11.6 Å². The molecule has 0 unspecified atom stereocenters. The van der Waals surface area contributed by atoms with Crippen molar-refractivity contribution in [1.82, 2.24) is 4.98 Å². The summed E-state index contributed by atoms with van der Waals surface area (Å²) in [5, 5.41) is 0.423. The van der Waals surface area contributed by atoms with Crippen molar-refractivity contribution in [2.75, 3.05) is 25.9 Å². The second-order valence-corrected chi connectivity index (χ2v) is 7.29. The Labute approximate surface area is 194 Å². The Bertz CT molecular complexity index is 1130. The minimum Gasteiger partial charge on any atom is -0.480 e. The summed E-state index contributed by atoms with van der Waals surface area (Å²) in [7, 11) is 4.59. The number of aromatic nitrogens is 1. The molecule has 0 aliphatic heterocycles. The Hall–Kier alpha value is -3.01. The Morgan fingerprint density at radius 1 is 1.22 bits per heavy atom. The van der Waals surface area contributed by atoms with Crippen LogP contribution >= 0.6 is 23.5 Å². The maximum atomic E-state index is 14.6. The average molecular weight is 478 g/mol. The van der Waals surface area contributed by atoms with Gasteiger partial charge in [-0.1, -0.05) is 17.7 Å². The molecule has 0 bridgehead atoms. The van der Waals surface area contributed by atoms with Gasteiger partial charge in [-0.25, -0.2) is 13.8 Å². The molecule has 1 aromatic heterocycles. The maximum Gasteiger partial charge on any atom is 0.228 e. The standard InChI is InChI=1S/C21H17ClF2N4OS.CH5N/c1-25-10-13-6-12(4-5-18(13)26-2)16-8-15(9-17(23)20(16)24)28-30-19-7-14(22)11-27-21(19)29-3;1-2/h4-11,28H,2H2,1,3H3;2H2,1H3. The van der Waals surface area contributed by atoms with Crippen molar-refractivity contribution in [1.29, 1.82) is 0 Å². The van der Waals surface area contributed by atoms with E-state index in [9.17, 15) is 8.78 Å². The van der Waals surface area contributed by atoms with Gasteiger partial charge in [-0.05, 0) is 55.5 Å². The summed E-state index contributed by atoms with van der Waals surface area (Å²) < 4.78 is 37.1. The summed E-state index contributed by atoms with van der Waals surface area (Å²) in [6, 6.07) is 9.24. The fourth-order valence-electron chi connectivity index (χ4n) is 2.72. The molecule has 6 nitrogen and oxygen atoms in total. The molecule has 3 rings (SSSR count). The molecule has 0 amide bonds. The van der Waals surface area contributed by atoms with Crippen LogP contribution in [0.25, 0.3) is 11.1 Å². The van der Waals surface area contributed by atoms with E-state index in [1.165, 1.54) is 26.4 Å². The molecule has 0 aliphatic rings. The first-order valence-electron chi connectivity index (χ1n) is 9.19. The molecule has 3 aromatic rings. The van der Waals surface area contributed by atoms with Crippen molar-refractivity contribution < 1.29 is 13.5 Å². The van der Waals surface area contributed by atoms with Gasteiger partial charge in [0, 0.05) is 42.3 Å². The zero-order valence-electron chi connectivity index (χ0n) is 17.7. The number of rotatable bonds is 7. The highest BCUT2D eigenvalue weighted by atomic mass is 35.5. The third kappa shape index (κ3) is 6.03. The average Bonchev–Trinajstić information content (AvgIpc) is 2.81. The van der Waals surface area contributed by atoms with Gasteiger partial charge >= 0.3 is 0 Å². The summed E-state index contributed by atoms with van der Waals surface area (Å²) in [4.78, 5) is 12.6. The zero-order valence-corrected chi connectivity index (χ0v) is 19.3. The lowest BCUT2D eigenvalue weighted by Crippen LogP contribution is -1.97. The molecule has 0 aliphatic carbocycles. The lowest BCUT2D eigenvalue weighted by Gasteiger charge is -2.12. The van der Waals surface area contributed by atoms with Gasteiger partial charge in [0.05, 0.1) is 22.7 Å². The molecule has 0 radical (unpaired) electrons. The fraction of sp³-hybridized carbons (Fsp3) is 0.136. The second-order valence-electron chi connectivity index (χ2n) is 6.00. The first-order chi connectivity index (χ1) is 15.5. The lowest BCUT2D eigenvalue weighted by atomic mass is 10.0. The number of nitrogens with two attached hydrogens (primary N) is 1. The van der Waals surface area contributed by atoms with Crippen LogP contribution in [0.15, 0.2) is 57.5 Å². The number of anilines is 1. The van der Waals surface area contributed by atoms with E-state index in [-0.39, 0.29) is 5.56 Å². The molecular formula is C22H22ClF2N5OS. The number of methoxy groups -OCH3 is 1. The number of hydrogen-bond acceptors (Lipinski definition) is 7. The van der Waals surface area contributed by atoms with E-state index in [0.29, 0.717) is 38.3 Å². The van der Waals surface area contributed by atoms with Crippen LogP contribution in [0.4, 0.5) is 20.2 Å². The van der Waals surface area contributed by atoms with Crippen molar-refractivity contribution >= 4 is 47.9 Å². The number of benzene rings is 2. The largest absolute Gasteiger partial charge is 0.480 e. The zero-order chi connectivity index (χ0) is 23.7. The molecule has 3 N–H and O–H groups in total. The smallest absolute Gasteiger partial charge is 0.228 e. The number of aliphatic imine (C=N–C) groups is 2. The van der Waals surface area contributed by atoms with E-state index >= 15 is 0 Å². The summed E-state index contributed by atoms with van der Waals surface area (Å²) in [5.41, 5.74) is 6.66. The van der Waals surface area contributed by atoms with Crippen molar-refractivity contribution in [2.45, 2.75) is 4.90 Å². The maximum absolute atomic E-state index is 14.6. The first kappa shape index (κ1) is 25.3. The van der Waals surface area contributed by atoms with Gasteiger partial charge in [0.2, 0.25) is 5.88 Å². The van der Waals surface area contributed by atoms with Gasteiger partial charge in [-0.15, -0.1) is 0 Å². The van der Waals surface area contributed by atoms with E-state index in [1.807, 2.05) is 0 Å². The molecule has 0 spiro atoms. The van der Waals surface area contributed by atoms with Crippen LogP contribution in [0.2, 0.25) is 5.02 Å². The van der Waals surface area contributed by atoms with Crippen LogP contribution in [0, 0.1) is 11.6 Å². The minimum atomic E-state index is -0.983. The van der Waals surface area contributed by atoms with Gasteiger partial charge < -0.3 is 15.2 Å². The quantitative estimate of drug-likeness (QED) is 0.333. The van der Waals surface area contributed by atoms with Crippen LogP contribution in [0.3, 0.4) is 0 Å². The van der Waals surface area contributed by atoms with Gasteiger partial charge in [-0.2, -0.15) is 0 Å². The molecule has 0 saturated carbocycles.